The lowest BCUT2D eigenvalue weighted by molar-refractivity contribution is 1.01. The largest absolute Gasteiger partial charge is 0.379 e. The van der Waals surface area contributed by atoms with E-state index in [2.05, 4.69) is 71.1 Å². The zero-order valence-corrected chi connectivity index (χ0v) is 12.9. The summed E-state index contributed by atoms with van der Waals surface area (Å²) in [6, 6.07) is 18.9. The molecule has 0 radical (unpaired) electrons. The molecule has 0 fully saturated rings. The molecule has 0 atom stereocenters. The van der Waals surface area contributed by atoms with E-state index in [1.807, 2.05) is 6.07 Å². The molecule has 1 N–H and O–H groups in total. The van der Waals surface area contributed by atoms with E-state index in [0.29, 0.717) is 0 Å². The van der Waals surface area contributed by atoms with Gasteiger partial charge < -0.3 is 5.32 Å². The summed E-state index contributed by atoms with van der Waals surface area (Å²) in [5.74, 6) is 0. The van der Waals surface area contributed by atoms with Crippen LogP contribution in [0.25, 0.3) is 11.1 Å². The van der Waals surface area contributed by atoms with Gasteiger partial charge in [0.2, 0.25) is 0 Å². The van der Waals surface area contributed by atoms with E-state index >= 15 is 0 Å². The average Bonchev–Trinajstić information content (AvgIpc) is 3.02. The number of anilines is 1. The zero-order valence-electron chi connectivity index (χ0n) is 12.0. The summed E-state index contributed by atoms with van der Waals surface area (Å²) in [6.45, 7) is 2.90. The van der Waals surface area contributed by atoms with Crippen molar-refractivity contribution in [1.82, 2.24) is 4.98 Å². The van der Waals surface area contributed by atoms with E-state index in [4.69, 9.17) is 0 Å². The molecule has 106 valence electrons. The first-order chi connectivity index (χ1) is 10.4. The number of rotatable bonds is 5. The summed E-state index contributed by atoms with van der Waals surface area (Å²) in [5, 5.41) is 6.84. The maximum Gasteiger partial charge on any atom is 0.0926 e. The van der Waals surface area contributed by atoms with Gasteiger partial charge in [-0.15, -0.1) is 11.3 Å². The third-order valence-corrected chi connectivity index (χ3v) is 4.42. The highest BCUT2D eigenvalue weighted by Crippen LogP contribution is 2.27. The number of hydrogen-bond acceptors (Lipinski definition) is 3. The summed E-state index contributed by atoms with van der Waals surface area (Å²) in [5.41, 5.74) is 4.71. The number of nitrogens with one attached hydrogen (secondary N) is 1. The Morgan fingerprint density at radius 1 is 1.00 bits per heavy atom. The van der Waals surface area contributed by atoms with Crippen LogP contribution in [0.4, 0.5) is 5.69 Å². The van der Waals surface area contributed by atoms with Crippen LogP contribution in [-0.4, -0.2) is 4.98 Å². The third kappa shape index (κ3) is 3.31. The number of aryl methyl sites for hydroxylation is 1. The van der Waals surface area contributed by atoms with E-state index in [9.17, 15) is 0 Å². The van der Waals surface area contributed by atoms with Crippen LogP contribution in [0, 0.1) is 0 Å². The van der Waals surface area contributed by atoms with E-state index in [1.165, 1.54) is 16.1 Å². The second kappa shape index (κ2) is 6.55. The van der Waals surface area contributed by atoms with Crippen molar-refractivity contribution in [3.05, 3.63) is 70.7 Å². The van der Waals surface area contributed by atoms with Crippen LogP contribution in [0.15, 0.2) is 60.0 Å². The van der Waals surface area contributed by atoms with Gasteiger partial charge in [0.1, 0.15) is 0 Å². The molecule has 3 rings (SSSR count). The van der Waals surface area contributed by atoms with Crippen LogP contribution in [-0.2, 0) is 13.0 Å². The first kappa shape index (κ1) is 13.8. The Bertz CT molecular complexity index is 704. The van der Waals surface area contributed by atoms with E-state index in [-0.39, 0.29) is 0 Å². The molecule has 1 heterocycles. The van der Waals surface area contributed by atoms with Crippen LogP contribution in [0.5, 0.6) is 0 Å². The maximum atomic E-state index is 4.60. The van der Waals surface area contributed by atoms with Crippen LogP contribution < -0.4 is 5.32 Å². The van der Waals surface area contributed by atoms with Gasteiger partial charge in [0, 0.05) is 16.6 Å². The highest BCUT2D eigenvalue weighted by Gasteiger charge is 2.05. The molecule has 2 aromatic carbocycles. The van der Waals surface area contributed by atoms with Crippen molar-refractivity contribution in [3.63, 3.8) is 0 Å². The molecule has 0 amide bonds. The van der Waals surface area contributed by atoms with Crippen LogP contribution in [0.1, 0.15) is 17.6 Å². The zero-order chi connectivity index (χ0) is 14.5. The molecule has 0 aliphatic carbocycles. The summed E-state index contributed by atoms with van der Waals surface area (Å²) < 4.78 is 0. The van der Waals surface area contributed by atoms with Gasteiger partial charge in [0.25, 0.3) is 0 Å². The molecule has 0 bridgehead atoms. The third-order valence-electron chi connectivity index (χ3n) is 3.37. The average molecular weight is 294 g/mol. The molecular weight excluding hydrogens is 276 g/mol. The number of aromatic nitrogens is 1. The molecule has 0 aliphatic rings. The molecule has 0 saturated heterocycles. The predicted octanol–water partition coefficient (Wildman–Crippen LogP) is 4.98. The van der Waals surface area contributed by atoms with Crippen LogP contribution >= 0.6 is 11.3 Å². The van der Waals surface area contributed by atoms with Gasteiger partial charge in [-0.3, -0.25) is 0 Å². The predicted molar refractivity (Wildman–Crippen MR) is 90.7 cm³/mol. The molecule has 0 spiro atoms. The van der Waals surface area contributed by atoms with Crippen molar-refractivity contribution in [1.29, 1.82) is 0 Å². The Morgan fingerprint density at radius 2 is 1.76 bits per heavy atom. The molecule has 1 aromatic heterocycles. The molecule has 0 saturated carbocycles. The van der Waals surface area contributed by atoms with Gasteiger partial charge in [-0.05, 0) is 18.1 Å². The van der Waals surface area contributed by atoms with Gasteiger partial charge >= 0.3 is 0 Å². The van der Waals surface area contributed by atoms with E-state index < -0.39 is 0 Å². The number of nitrogens with zero attached hydrogens (tertiary/aromatic N) is 1. The standard InChI is InChI=1S/C18H18N2S/c1-2-18-20-15(13-21-18)12-19-17-11-7-6-10-16(17)14-8-4-3-5-9-14/h3-11,13,19H,2,12H2,1H3. The minimum absolute atomic E-state index is 0.764. The fraction of sp³-hybridized carbons (Fsp3) is 0.167. The van der Waals surface area contributed by atoms with Crippen molar-refractivity contribution in [2.24, 2.45) is 0 Å². The monoisotopic (exact) mass is 294 g/mol. The Morgan fingerprint density at radius 3 is 2.52 bits per heavy atom. The summed E-state index contributed by atoms with van der Waals surface area (Å²) in [7, 11) is 0. The highest BCUT2D eigenvalue weighted by molar-refractivity contribution is 7.09. The molecule has 2 nitrogen and oxygen atoms in total. The Labute approximate surface area is 129 Å². The van der Waals surface area contributed by atoms with Gasteiger partial charge in [-0.2, -0.15) is 0 Å². The van der Waals surface area contributed by atoms with Crippen LogP contribution in [0.3, 0.4) is 0 Å². The fourth-order valence-electron chi connectivity index (χ4n) is 2.28. The van der Waals surface area contributed by atoms with Crippen molar-refractivity contribution in [2.45, 2.75) is 19.9 Å². The Balaban J connectivity index is 1.79. The minimum Gasteiger partial charge on any atom is -0.379 e. The lowest BCUT2D eigenvalue weighted by Gasteiger charge is -2.11. The Kier molecular flexibility index (Phi) is 4.31. The lowest BCUT2D eigenvalue weighted by atomic mass is 10.0. The van der Waals surface area contributed by atoms with Crippen molar-refractivity contribution in [2.75, 3.05) is 5.32 Å². The van der Waals surface area contributed by atoms with Crippen molar-refractivity contribution in [3.8, 4) is 11.1 Å². The number of hydrogen-bond donors (Lipinski definition) is 1. The second-order valence-corrected chi connectivity index (χ2v) is 5.79. The first-order valence-corrected chi connectivity index (χ1v) is 8.06. The molecule has 3 heteroatoms. The molecule has 3 aromatic rings. The number of thiazole rings is 1. The number of benzene rings is 2. The second-order valence-electron chi connectivity index (χ2n) is 4.85. The molecular formula is C18H18N2S. The molecule has 21 heavy (non-hydrogen) atoms. The molecule has 0 unspecified atom stereocenters. The maximum absolute atomic E-state index is 4.60. The molecule has 0 aliphatic heterocycles. The van der Waals surface area contributed by atoms with Gasteiger partial charge in [0.15, 0.2) is 0 Å². The summed E-state index contributed by atoms with van der Waals surface area (Å²) in [4.78, 5) is 4.60. The van der Waals surface area contributed by atoms with Gasteiger partial charge in [-0.1, -0.05) is 55.5 Å². The Hall–Kier alpha value is -2.13. The fourth-order valence-corrected chi connectivity index (χ4v) is 3.03. The summed E-state index contributed by atoms with van der Waals surface area (Å²) >= 11 is 1.73. The number of para-hydroxylation sites is 1. The highest BCUT2D eigenvalue weighted by atomic mass is 32.1. The SMILES string of the molecule is CCc1nc(CNc2ccccc2-c2ccccc2)cs1. The lowest BCUT2D eigenvalue weighted by Crippen LogP contribution is -2.01. The van der Waals surface area contributed by atoms with Gasteiger partial charge in [-0.25, -0.2) is 4.98 Å². The van der Waals surface area contributed by atoms with Crippen molar-refractivity contribution >= 4 is 17.0 Å². The van der Waals surface area contributed by atoms with Crippen LogP contribution in [0.2, 0.25) is 0 Å². The van der Waals surface area contributed by atoms with Crippen molar-refractivity contribution < 1.29 is 0 Å². The topological polar surface area (TPSA) is 24.9 Å². The smallest absolute Gasteiger partial charge is 0.0926 e. The minimum atomic E-state index is 0.764. The van der Waals surface area contributed by atoms with E-state index in [0.717, 1.165) is 24.3 Å². The summed E-state index contributed by atoms with van der Waals surface area (Å²) in [6.07, 6.45) is 1.01. The normalized spacial score (nSPS) is 10.5. The first-order valence-electron chi connectivity index (χ1n) is 7.18. The van der Waals surface area contributed by atoms with Gasteiger partial charge in [0.05, 0.1) is 17.2 Å². The van der Waals surface area contributed by atoms with E-state index in [1.54, 1.807) is 11.3 Å². The quantitative estimate of drug-likeness (QED) is 0.717.